The lowest BCUT2D eigenvalue weighted by Crippen LogP contribution is -2.16. The van der Waals surface area contributed by atoms with Crippen molar-refractivity contribution < 1.29 is 0 Å². The zero-order valence-electron chi connectivity index (χ0n) is 5.32. The second kappa shape index (κ2) is 5.00. The average Bonchev–Trinajstić information content (AvgIpc) is 1.83. The maximum absolute atomic E-state index is 3.72. The Morgan fingerprint density at radius 2 is 2.38 bits per heavy atom. The molecule has 0 aliphatic heterocycles. The molecule has 0 aliphatic rings. The SMILES string of the molecule is C=C(CNSC)NC. The highest BCUT2D eigenvalue weighted by Gasteiger charge is 1.83. The van der Waals surface area contributed by atoms with Crippen molar-refractivity contribution in [2.75, 3.05) is 19.8 Å². The lowest BCUT2D eigenvalue weighted by molar-refractivity contribution is 0.902. The predicted molar refractivity (Wildman–Crippen MR) is 39.7 cm³/mol. The van der Waals surface area contributed by atoms with Crippen molar-refractivity contribution in [3.63, 3.8) is 0 Å². The molecule has 0 atom stereocenters. The van der Waals surface area contributed by atoms with Crippen LogP contribution in [0.25, 0.3) is 0 Å². The lowest BCUT2D eigenvalue weighted by atomic mass is 10.5. The van der Waals surface area contributed by atoms with Crippen LogP contribution in [0.2, 0.25) is 0 Å². The van der Waals surface area contributed by atoms with Gasteiger partial charge in [-0.05, 0) is 6.26 Å². The summed E-state index contributed by atoms with van der Waals surface area (Å²) in [6.45, 7) is 4.55. The van der Waals surface area contributed by atoms with Gasteiger partial charge in [0, 0.05) is 19.3 Å². The fourth-order valence-electron chi connectivity index (χ4n) is 0.248. The van der Waals surface area contributed by atoms with E-state index in [4.69, 9.17) is 0 Å². The molecule has 0 saturated carbocycles. The smallest absolute Gasteiger partial charge is 0.0451 e. The van der Waals surface area contributed by atoms with Crippen LogP contribution in [0.5, 0.6) is 0 Å². The Balaban J connectivity index is 2.99. The average molecular weight is 132 g/mol. The molecule has 0 aromatic heterocycles. The summed E-state index contributed by atoms with van der Waals surface area (Å²) in [5, 5.41) is 2.93. The van der Waals surface area contributed by atoms with Crippen molar-refractivity contribution in [2.45, 2.75) is 0 Å². The summed E-state index contributed by atoms with van der Waals surface area (Å²) in [6.07, 6.45) is 1.99. The Bertz CT molecular complexity index is 72.8. The summed E-state index contributed by atoms with van der Waals surface area (Å²) in [7, 11) is 1.87. The molecule has 0 aliphatic carbocycles. The molecule has 0 radical (unpaired) electrons. The van der Waals surface area contributed by atoms with Gasteiger partial charge >= 0.3 is 0 Å². The second-order valence-corrected chi connectivity index (χ2v) is 2.08. The van der Waals surface area contributed by atoms with E-state index in [0.717, 1.165) is 12.2 Å². The number of hydrogen-bond acceptors (Lipinski definition) is 3. The quantitative estimate of drug-likeness (QED) is 0.547. The zero-order chi connectivity index (χ0) is 6.41. The third-order valence-electron chi connectivity index (χ3n) is 0.783. The van der Waals surface area contributed by atoms with Crippen molar-refractivity contribution in [3.8, 4) is 0 Å². The van der Waals surface area contributed by atoms with Gasteiger partial charge < -0.3 is 5.32 Å². The fourth-order valence-corrected chi connectivity index (χ4v) is 0.566. The maximum atomic E-state index is 3.72. The minimum absolute atomic E-state index is 0.831. The molecule has 0 saturated heterocycles. The fraction of sp³-hybridized carbons (Fsp3) is 0.600. The van der Waals surface area contributed by atoms with Crippen molar-refractivity contribution in [2.24, 2.45) is 0 Å². The Kier molecular flexibility index (Phi) is 4.90. The largest absolute Gasteiger partial charge is 0.391 e. The lowest BCUT2D eigenvalue weighted by Gasteiger charge is -2.02. The topological polar surface area (TPSA) is 24.1 Å². The van der Waals surface area contributed by atoms with Gasteiger partial charge in [0.15, 0.2) is 0 Å². The van der Waals surface area contributed by atoms with E-state index in [0.29, 0.717) is 0 Å². The van der Waals surface area contributed by atoms with E-state index in [-0.39, 0.29) is 0 Å². The molecule has 0 heterocycles. The molecule has 0 spiro atoms. The van der Waals surface area contributed by atoms with Crippen LogP contribution in [-0.4, -0.2) is 19.8 Å². The molecule has 8 heavy (non-hydrogen) atoms. The van der Waals surface area contributed by atoms with Crippen molar-refractivity contribution in [1.82, 2.24) is 10.0 Å². The van der Waals surface area contributed by atoms with Gasteiger partial charge in [-0.25, -0.2) is 0 Å². The van der Waals surface area contributed by atoms with Gasteiger partial charge in [0.2, 0.25) is 0 Å². The minimum atomic E-state index is 0.831. The first-order valence-corrected chi connectivity index (χ1v) is 3.65. The normalized spacial score (nSPS) is 8.75. The molecule has 0 aromatic rings. The van der Waals surface area contributed by atoms with Crippen LogP contribution < -0.4 is 10.0 Å². The minimum Gasteiger partial charge on any atom is -0.391 e. The van der Waals surface area contributed by atoms with E-state index in [1.165, 1.54) is 0 Å². The molecule has 0 aromatic carbocycles. The Hall–Kier alpha value is -0.150. The number of nitrogens with one attached hydrogen (secondary N) is 2. The van der Waals surface area contributed by atoms with E-state index in [1.807, 2.05) is 13.3 Å². The van der Waals surface area contributed by atoms with Crippen LogP contribution >= 0.6 is 11.9 Å². The first kappa shape index (κ1) is 7.85. The van der Waals surface area contributed by atoms with Crippen LogP contribution in [0.1, 0.15) is 0 Å². The Labute approximate surface area is 54.9 Å². The molecule has 3 heteroatoms. The predicted octanol–water partition coefficient (Wildman–Crippen LogP) is 0.587. The molecule has 2 N–H and O–H groups in total. The van der Waals surface area contributed by atoms with Gasteiger partial charge in [-0.2, -0.15) is 0 Å². The number of hydrogen-bond donors (Lipinski definition) is 2. The van der Waals surface area contributed by atoms with Crippen LogP contribution in [0.15, 0.2) is 12.3 Å². The highest BCUT2D eigenvalue weighted by Crippen LogP contribution is 1.84. The molecular formula is C5H12N2S. The molecule has 0 unspecified atom stereocenters. The first-order valence-electron chi connectivity index (χ1n) is 2.42. The van der Waals surface area contributed by atoms with E-state index in [9.17, 15) is 0 Å². The molecule has 0 amide bonds. The van der Waals surface area contributed by atoms with E-state index in [2.05, 4.69) is 16.6 Å². The van der Waals surface area contributed by atoms with Gasteiger partial charge in [0.05, 0.1) is 0 Å². The van der Waals surface area contributed by atoms with E-state index in [1.54, 1.807) is 11.9 Å². The summed E-state index contributed by atoms with van der Waals surface area (Å²) in [5.41, 5.74) is 1.01. The highest BCUT2D eigenvalue weighted by atomic mass is 32.2. The van der Waals surface area contributed by atoms with Crippen LogP contribution in [0.4, 0.5) is 0 Å². The molecule has 48 valence electrons. The third-order valence-corrected chi connectivity index (χ3v) is 1.22. The monoisotopic (exact) mass is 132 g/mol. The molecule has 0 bridgehead atoms. The van der Waals surface area contributed by atoms with E-state index < -0.39 is 0 Å². The Morgan fingerprint density at radius 3 is 2.75 bits per heavy atom. The summed E-state index contributed by atoms with van der Waals surface area (Å²) < 4.78 is 3.05. The number of rotatable bonds is 4. The summed E-state index contributed by atoms with van der Waals surface area (Å²) in [4.78, 5) is 0. The van der Waals surface area contributed by atoms with Crippen molar-refractivity contribution in [1.29, 1.82) is 0 Å². The Morgan fingerprint density at radius 1 is 1.75 bits per heavy atom. The molecular weight excluding hydrogens is 120 g/mol. The summed E-state index contributed by atoms with van der Waals surface area (Å²) in [6, 6.07) is 0. The van der Waals surface area contributed by atoms with Gasteiger partial charge in [-0.3, -0.25) is 4.72 Å². The summed E-state index contributed by atoms with van der Waals surface area (Å²) in [5.74, 6) is 0. The van der Waals surface area contributed by atoms with Gasteiger partial charge in [-0.15, -0.1) is 0 Å². The second-order valence-electron chi connectivity index (χ2n) is 1.38. The molecule has 0 fully saturated rings. The standard InChI is InChI=1S/C5H12N2S/c1-5(6-2)4-7-8-3/h6-7H,1,4H2,2-3H3. The zero-order valence-corrected chi connectivity index (χ0v) is 6.14. The van der Waals surface area contributed by atoms with Gasteiger partial charge in [0.1, 0.15) is 0 Å². The van der Waals surface area contributed by atoms with Crippen molar-refractivity contribution in [3.05, 3.63) is 12.3 Å². The van der Waals surface area contributed by atoms with Crippen LogP contribution in [0.3, 0.4) is 0 Å². The number of likely N-dealkylation sites (N-methyl/N-ethyl adjacent to an activating group) is 1. The van der Waals surface area contributed by atoms with Crippen molar-refractivity contribution >= 4 is 11.9 Å². The molecule has 0 rings (SSSR count). The van der Waals surface area contributed by atoms with Crippen LogP contribution in [-0.2, 0) is 0 Å². The van der Waals surface area contributed by atoms with E-state index >= 15 is 0 Å². The molecule has 2 nitrogen and oxygen atoms in total. The maximum Gasteiger partial charge on any atom is 0.0451 e. The summed E-state index contributed by atoms with van der Waals surface area (Å²) >= 11 is 1.59. The van der Waals surface area contributed by atoms with Gasteiger partial charge in [-0.1, -0.05) is 18.5 Å². The highest BCUT2D eigenvalue weighted by molar-refractivity contribution is 7.96. The van der Waals surface area contributed by atoms with Gasteiger partial charge in [0.25, 0.3) is 0 Å². The van der Waals surface area contributed by atoms with Crippen LogP contribution in [0, 0.1) is 0 Å². The first-order chi connectivity index (χ1) is 3.81. The third kappa shape index (κ3) is 4.02.